The minimum absolute atomic E-state index is 0.0541. The van der Waals surface area contributed by atoms with Crippen LogP contribution in [0.4, 0.5) is 8.78 Å². The molecule has 2 nitrogen and oxygen atoms in total. The molecule has 1 saturated heterocycles. The number of carbonyl (C=O) groups is 1. The van der Waals surface area contributed by atoms with Crippen molar-refractivity contribution in [2.24, 2.45) is 0 Å². The van der Waals surface area contributed by atoms with Gasteiger partial charge in [0.25, 0.3) is 0 Å². The number of Topliss-reactive ketones (excluding diaryl/α,β-unsaturated/α-hetero) is 1. The molecule has 2 rings (SSSR count). The number of ketones is 1. The number of hydrogen-bond acceptors (Lipinski definition) is 2. The predicted octanol–water partition coefficient (Wildman–Crippen LogP) is 2.56. The van der Waals surface area contributed by atoms with Crippen LogP contribution in [0.2, 0.25) is 0 Å². The first-order valence-electron chi connectivity index (χ1n) is 5.12. The highest BCUT2D eigenvalue weighted by atomic mass is 19.1. The molecule has 1 aliphatic rings. The van der Waals surface area contributed by atoms with Gasteiger partial charge in [0, 0.05) is 18.9 Å². The lowest BCUT2D eigenvalue weighted by molar-refractivity contribution is -0.139. The number of halogens is 2. The third-order valence-electron chi connectivity index (χ3n) is 2.81. The molecule has 86 valence electrons. The van der Waals surface area contributed by atoms with Crippen LogP contribution in [0.3, 0.4) is 0 Å². The summed E-state index contributed by atoms with van der Waals surface area (Å²) >= 11 is 0. The molecule has 0 amide bonds. The van der Waals surface area contributed by atoms with Crippen LogP contribution in [-0.4, -0.2) is 12.4 Å². The Labute approximate surface area is 92.2 Å². The highest BCUT2D eigenvalue weighted by Crippen LogP contribution is 2.33. The summed E-state index contributed by atoms with van der Waals surface area (Å²) in [4.78, 5) is 11.4. The van der Waals surface area contributed by atoms with Gasteiger partial charge < -0.3 is 4.74 Å². The van der Waals surface area contributed by atoms with E-state index in [0.717, 1.165) is 6.07 Å². The van der Waals surface area contributed by atoms with Gasteiger partial charge in [-0.3, -0.25) is 4.79 Å². The summed E-state index contributed by atoms with van der Waals surface area (Å²) in [5, 5.41) is 0. The Morgan fingerprint density at radius 2 is 1.88 bits per heavy atom. The Hall–Kier alpha value is -1.29. The fraction of sp³-hybridized carbons (Fsp3) is 0.417. The van der Waals surface area contributed by atoms with Gasteiger partial charge in [-0.2, -0.15) is 0 Å². The molecule has 0 radical (unpaired) electrons. The van der Waals surface area contributed by atoms with E-state index in [4.69, 9.17) is 4.74 Å². The van der Waals surface area contributed by atoms with Crippen molar-refractivity contribution < 1.29 is 18.3 Å². The second-order valence-corrected chi connectivity index (χ2v) is 4.20. The van der Waals surface area contributed by atoms with Gasteiger partial charge >= 0.3 is 0 Å². The lowest BCUT2D eigenvalue weighted by Crippen LogP contribution is -2.35. The molecule has 4 heteroatoms. The normalized spacial score (nSPS) is 25.8. The monoisotopic (exact) mass is 226 g/mol. The molecule has 0 spiro atoms. The van der Waals surface area contributed by atoms with E-state index in [2.05, 4.69) is 0 Å². The number of hydrogen-bond donors (Lipinski definition) is 0. The zero-order valence-corrected chi connectivity index (χ0v) is 8.93. The molecule has 1 aliphatic heterocycles. The van der Waals surface area contributed by atoms with Gasteiger partial charge in [-0.05, 0) is 24.6 Å². The van der Waals surface area contributed by atoms with Gasteiger partial charge in [0.1, 0.15) is 17.4 Å². The quantitative estimate of drug-likeness (QED) is 0.735. The third kappa shape index (κ3) is 2.11. The Morgan fingerprint density at radius 1 is 1.25 bits per heavy atom. The van der Waals surface area contributed by atoms with Gasteiger partial charge in [-0.25, -0.2) is 8.78 Å². The van der Waals surface area contributed by atoms with Crippen LogP contribution in [0.5, 0.6) is 0 Å². The minimum atomic E-state index is -0.904. The van der Waals surface area contributed by atoms with Crippen molar-refractivity contribution in [1.82, 2.24) is 0 Å². The summed E-state index contributed by atoms with van der Waals surface area (Å²) in [6.45, 7) is 1.98. The average molecular weight is 226 g/mol. The molecular weight excluding hydrogens is 214 g/mol. The number of carbonyl (C=O) groups excluding carboxylic acids is 1. The van der Waals surface area contributed by atoms with E-state index in [-0.39, 0.29) is 12.2 Å². The van der Waals surface area contributed by atoms with Crippen LogP contribution in [0.1, 0.15) is 25.3 Å². The summed E-state index contributed by atoms with van der Waals surface area (Å²) in [5.41, 5.74) is -0.531. The van der Waals surface area contributed by atoms with Crippen LogP contribution in [0.25, 0.3) is 0 Å². The maximum atomic E-state index is 13.1. The molecule has 1 atom stereocenters. The van der Waals surface area contributed by atoms with E-state index < -0.39 is 17.2 Å². The van der Waals surface area contributed by atoms with Gasteiger partial charge in [0.2, 0.25) is 0 Å². The van der Waals surface area contributed by atoms with Crippen molar-refractivity contribution in [3.63, 3.8) is 0 Å². The molecule has 16 heavy (non-hydrogen) atoms. The Bertz CT molecular complexity index is 411. The van der Waals surface area contributed by atoms with Gasteiger partial charge in [-0.15, -0.1) is 0 Å². The largest absolute Gasteiger partial charge is 0.370 e. The third-order valence-corrected chi connectivity index (χ3v) is 2.81. The van der Waals surface area contributed by atoms with Gasteiger partial charge in [0.15, 0.2) is 0 Å². The van der Waals surface area contributed by atoms with Crippen molar-refractivity contribution >= 4 is 5.78 Å². The Kier molecular flexibility index (Phi) is 2.76. The molecule has 1 heterocycles. The molecule has 1 fully saturated rings. The molecule has 0 aromatic heterocycles. The number of ether oxygens (including phenoxy) is 1. The molecule has 0 saturated carbocycles. The van der Waals surface area contributed by atoms with E-state index in [0.29, 0.717) is 18.6 Å². The molecule has 1 aromatic rings. The smallest absolute Gasteiger partial charge is 0.138 e. The Balaban J connectivity index is 2.37. The van der Waals surface area contributed by atoms with E-state index >= 15 is 0 Å². The summed E-state index contributed by atoms with van der Waals surface area (Å²) in [7, 11) is 0. The van der Waals surface area contributed by atoms with E-state index in [1.165, 1.54) is 12.1 Å². The first-order chi connectivity index (χ1) is 7.49. The second-order valence-electron chi connectivity index (χ2n) is 4.20. The molecule has 1 aromatic carbocycles. The SMILES string of the molecule is CC1(c2cc(F)cc(F)c2)CC(=O)CCO1. The summed E-state index contributed by atoms with van der Waals surface area (Å²) in [6, 6.07) is 3.22. The molecule has 1 unspecified atom stereocenters. The maximum Gasteiger partial charge on any atom is 0.138 e. The highest BCUT2D eigenvalue weighted by Gasteiger charge is 2.34. The predicted molar refractivity (Wildman–Crippen MR) is 53.9 cm³/mol. The van der Waals surface area contributed by atoms with Crippen LogP contribution in [0.15, 0.2) is 18.2 Å². The molecule has 0 aliphatic carbocycles. The van der Waals surface area contributed by atoms with Crippen LogP contribution < -0.4 is 0 Å². The zero-order chi connectivity index (χ0) is 11.8. The molecule has 0 N–H and O–H groups in total. The van der Waals surface area contributed by atoms with Crippen LogP contribution >= 0.6 is 0 Å². The lowest BCUT2D eigenvalue weighted by Gasteiger charge is -2.33. The first-order valence-corrected chi connectivity index (χ1v) is 5.12. The van der Waals surface area contributed by atoms with Crippen molar-refractivity contribution in [3.05, 3.63) is 35.4 Å². The Morgan fingerprint density at radius 3 is 2.44 bits per heavy atom. The van der Waals surface area contributed by atoms with Crippen LogP contribution in [-0.2, 0) is 15.1 Å². The fourth-order valence-corrected chi connectivity index (χ4v) is 1.95. The van der Waals surface area contributed by atoms with Crippen molar-refractivity contribution in [1.29, 1.82) is 0 Å². The van der Waals surface area contributed by atoms with Crippen molar-refractivity contribution in [2.45, 2.75) is 25.4 Å². The van der Waals surface area contributed by atoms with E-state index in [9.17, 15) is 13.6 Å². The van der Waals surface area contributed by atoms with Crippen LogP contribution in [0, 0.1) is 11.6 Å². The summed E-state index contributed by atoms with van der Waals surface area (Å²) in [6.07, 6.45) is 0.531. The summed E-state index contributed by atoms with van der Waals surface area (Å²) in [5.74, 6) is -1.26. The van der Waals surface area contributed by atoms with Gasteiger partial charge in [-0.1, -0.05) is 0 Å². The van der Waals surface area contributed by atoms with E-state index in [1.807, 2.05) is 0 Å². The lowest BCUT2D eigenvalue weighted by atomic mass is 9.87. The average Bonchev–Trinajstić information content (AvgIpc) is 2.15. The van der Waals surface area contributed by atoms with Crippen molar-refractivity contribution in [3.8, 4) is 0 Å². The second kappa shape index (κ2) is 3.94. The van der Waals surface area contributed by atoms with Gasteiger partial charge in [0.05, 0.1) is 12.2 Å². The fourth-order valence-electron chi connectivity index (χ4n) is 1.95. The molecular formula is C12H12F2O2. The van der Waals surface area contributed by atoms with E-state index in [1.54, 1.807) is 6.92 Å². The standard InChI is InChI=1S/C12H12F2O2/c1-12(7-11(15)2-3-16-12)8-4-9(13)6-10(14)5-8/h4-6H,2-3,7H2,1H3. The topological polar surface area (TPSA) is 26.3 Å². The molecule has 0 bridgehead atoms. The zero-order valence-electron chi connectivity index (χ0n) is 8.93. The first kappa shape index (κ1) is 11.2. The summed E-state index contributed by atoms with van der Waals surface area (Å²) < 4.78 is 31.6. The number of rotatable bonds is 1. The maximum absolute atomic E-state index is 13.1. The highest BCUT2D eigenvalue weighted by molar-refractivity contribution is 5.80. The minimum Gasteiger partial charge on any atom is -0.370 e. The van der Waals surface area contributed by atoms with Crippen molar-refractivity contribution in [2.75, 3.05) is 6.61 Å². The number of benzene rings is 1.